The van der Waals surface area contributed by atoms with Crippen molar-refractivity contribution in [3.8, 4) is 11.4 Å². The third-order valence-corrected chi connectivity index (χ3v) is 10.4. The van der Waals surface area contributed by atoms with Gasteiger partial charge in [0.15, 0.2) is 5.82 Å². The van der Waals surface area contributed by atoms with Crippen LogP contribution in [-0.2, 0) is 12.1 Å². The number of aromatic nitrogens is 5. The number of ether oxygens (including phenoxy) is 1. The quantitative estimate of drug-likeness (QED) is 0.200. The highest BCUT2D eigenvalue weighted by molar-refractivity contribution is 7.20. The van der Waals surface area contributed by atoms with Crippen molar-refractivity contribution in [2.45, 2.75) is 24.6 Å². The Bertz CT molecular complexity index is 2340. The molecule has 0 aliphatic carbocycles. The summed E-state index contributed by atoms with van der Waals surface area (Å²) >= 11 is 1.12. The smallest absolute Gasteiger partial charge is 0.298 e. The first-order chi connectivity index (χ1) is 25.1. The standard InChI is InChI=1S/C36H33F2N9O4S/c37-22-6-8-26(27(38)14-22)36(50,19-45-21-40-20-41-45)18-44-11-10-23(17-44)42-33(48)31-16-29-34(52-31)43-32(39)35(49)47(29)25-7-9-30-28(15-25)46(12-13-51-30)24-4-2-1-3-5-24/h1-9,14-16,20-21,23,50H,10-13,17-19H2,(H2,39,43)(H,42,48)/t23-,36?/m1/s1. The molecule has 6 aromatic rings. The molecule has 8 rings (SSSR count). The SMILES string of the molecule is Nc1nc2sc(C(=O)N[C@@H]3CCN(CC(O)(Cn4cncn4)c4ccc(F)cc4F)C3)cc2n(-c2ccc3c(c2)N(c2ccccc2)CCO3)c1=O. The number of halogens is 2. The number of likely N-dealkylation sites (tertiary alicyclic amines) is 1. The number of para-hydroxylation sites is 1. The summed E-state index contributed by atoms with van der Waals surface area (Å²) in [5.41, 5.74) is 6.51. The molecule has 2 aliphatic heterocycles. The second kappa shape index (κ2) is 13.4. The van der Waals surface area contributed by atoms with Crippen molar-refractivity contribution in [1.29, 1.82) is 0 Å². The lowest BCUT2D eigenvalue weighted by molar-refractivity contribution is -0.0167. The van der Waals surface area contributed by atoms with Gasteiger partial charge in [0.1, 0.15) is 47.1 Å². The number of fused-ring (bicyclic) bond motifs is 2. The summed E-state index contributed by atoms with van der Waals surface area (Å²) in [5.74, 6) is -1.50. The van der Waals surface area contributed by atoms with E-state index in [1.54, 1.807) is 12.1 Å². The molecule has 1 amide bonds. The number of nitrogen functional groups attached to an aromatic ring is 1. The van der Waals surface area contributed by atoms with Crippen molar-refractivity contribution >= 4 is 44.8 Å². The summed E-state index contributed by atoms with van der Waals surface area (Å²) in [6.45, 7) is 1.86. The van der Waals surface area contributed by atoms with E-state index in [4.69, 9.17) is 10.5 Å². The topological polar surface area (TPSA) is 157 Å². The summed E-state index contributed by atoms with van der Waals surface area (Å²) in [5, 5.41) is 18.9. The van der Waals surface area contributed by atoms with Gasteiger partial charge in [-0.3, -0.25) is 19.1 Å². The monoisotopic (exact) mass is 725 g/mol. The van der Waals surface area contributed by atoms with Gasteiger partial charge in [0.25, 0.3) is 11.5 Å². The van der Waals surface area contributed by atoms with Crippen molar-refractivity contribution in [2.24, 2.45) is 0 Å². The van der Waals surface area contributed by atoms with E-state index in [1.165, 1.54) is 28.0 Å². The van der Waals surface area contributed by atoms with E-state index in [0.717, 1.165) is 34.8 Å². The highest BCUT2D eigenvalue weighted by atomic mass is 32.1. The van der Waals surface area contributed by atoms with Gasteiger partial charge in [-0.2, -0.15) is 5.10 Å². The summed E-state index contributed by atoms with van der Waals surface area (Å²) in [6, 6.07) is 19.8. The molecule has 13 nitrogen and oxygen atoms in total. The zero-order valence-electron chi connectivity index (χ0n) is 27.7. The number of nitrogens with zero attached hydrogens (tertiary/aromatic N) is 7. The van der Waals surface area contributed by atoms with Crippen molar-refractivity contribution in [3.63, 3.8) is 0 Å². The minimum Gasteiger partial charge on any atom is -0.490 e. The van der Waals surface area contributed by atoms with Crippen LogP contribution in [0.25, 0.3) is 16.0 Å². The first-order valence-corrected chi connectivity index (χ1v) is 17.4. The molecule has 2 aliphatic rings. The predicted molar refractivity (Wildman–Crippen MR) is 191 cm³/mol. The molecular weight excluding hydrogens is 693 g/mol. The average Bonchev–Trinajstić information content (AvgIpc) is 3.91. The van der Waals surface area contributed by atoms with E-state index in [1.807, 2.05) is 47.4 Å². The molecule has 0 spiro atoms. The maximum Gasteiger partial charge on any atom is 0.298 e. The van der Waals surface area contributed by atoms with Gasteiger partial charge in [-0.15, -0.1) is 11.3 Å². The van der Waals surface area contributed by atoms with Crippen LogP contribution >= 0.6 is 11.3 Å². The molecule has 16 heteroatoms. The summed E-state index contributed by atoms with van der Waals surface area (Å²) in [4.78, 5) is 40.2. The lowest BCUT2D eigenvalue weighted by Crippen LogP contribution is -2.45. The van der Waals surface area contributed by atoms with Crippen molar-refractivity contribution in [2.75, 3.05) is 43.4 Å². The molecule has 266 valence electrons. The third-order valence-electron chi connectivity index (χ3n) is 9.35. The van der Waals surface area contributed by atoms with E-state index in [0.29, 0.717) is 59.3 Å². The molecule has 1 fully saturated rings. The lowest BCUT2D eigenvalue weighted by Gasteiger charge is -2.33. The van der Waals surface area contributed by atoms with Gasteiger partial charge in [0.05, 0.1) is 34.9 Å². The molecule has 1 saturated heterocycles. The van der Waals surface area contributed by atoms with Gasteiger partial charge in [0, 0.05) is 43.0 Å². The maximum atomic E-state index is 15.0. The molecule has 3 aromatic heterocycles. The van der Waals surface area contributed by atoms with E-state index in [2.05, 4.69) is 25.3 Å². The van der Waals surface area contributed by atoms with Crippen LogP contribution in [0.4, 0.5) is 26.0 Å². The first-order valence-electron chi connectivity index (χ1n) is 16.6. The zero-order chi connectivity index (χ0) is 36.0. The Morgan fingerprint density at radius 1 is 1.06 bits per heavy atom. The fourth-order valence-electron chi connectivity index (χ4n) is 6.97. The van der Waals surface area contributed by atoms with Crippen LogP contribution in [0.5, 0.6) is 5.75 Å². The number of aliphatic hydroxyl groups is 1. The number of anilines is 3. The maximum absolute atomic E-state index is 15.0. The van der Waals surface area contributed by atoms with Gasteiger partial charge in [-0.25, -0.2) is 23.4 Å². The van der Waals surface area contributed by atoms with Gasteiger partial charge in [0.2, 0.25) is 0 Å². The lowest BCUT2D eigenvalue weighted by atomic mass is 9.92. The van der Waals surface area contributed by atoms with Crippen molar-refractivity contribution in [1.82, 2.24) is 34.5 Å². The predicted octanol–water partition coefficient (Wildman–Crippen LogP) is 3.82. The zero-order valence-corrected chi connectivity index (χ0v) is 28.5. The van der Waals surface area contributed by atoms with Crippen LogP contribution in [-0.4, -0.2) is 79.1 Å². The minimum absolute atomic E-state index is 0.00629. The summed E-state index contributed by atoms with van der Waals surface area (Å²) in [7, 11) is 0. The molecule has 0 bridgehead atoms. The normalized spacial score (nSPS) is 17.1. The van der Waals surface area contributed by atoms with E-state index >= 15 is 0 Å². The van der Waals surface area contributed by atoms with Crippen LogP contribution in [0.1, 0.15) is 21.7 Å². The number of carbonyl (C=O) groups excluding carboxylic acids is 1. The fourth-order valence-corrected chi connectivity index (χ4v) is 7.90. The molecule has 52 heavy (non-hydrogen) atoms. The Morgan fingerprint density at radius 3 is 2.69 bits per heavy atom. The highest BCUT2D eigenvalue weighted by Gasteiger charge is 2.38. The number of hydrogen-bond donors (Lipinski definition) is 3. The molecule has 0 saturated carbocycles. The number of amides is 1. The number of nitrogens with two attached hydrogens (primary N) is 1. The Hall–Kier alpha value is -5.71. The number of β-amino-alcohol motifs (C(OH)–C–C–N with tert-alkyl or cyclic N) is 1. The van der Waals surface area contributed by atoms with Crippen LogP contribution < -0.4 is 26.2 Å². The number of thiophene rings is 1. The second-order valence-electron chi connectivity index (χ2n) is 12.9. The van der Waals surface area contributed by atoms with Gasteiger partial charge < -0.3 is 25.8 Å². The molecule has 1 unspecified atom stereocenters. The van der Waals surface area contributed by atoms with E-state index in [-0.39, 0.29) is 36.4 Å². The Kier molecular flexibility index (Phi) is 8.64. The number of rotatable bonds is 9. The van der Waals surface area contributed by atoms with Crippen LogP contribution in [0, 0.1) is 11.6 Å². The molecular formula is C36H33F2N9O4S. The second-order valence-corrected chi connectivity index (χ2v) is 13.9. The first kappa shape index (κ1) is 33.4. The molecule has 4 N–H and O–H groups in total. The third kappa shape index (κ3) is 6.35. The molecule has 5 heterocycles. The Labute approximate surface area is 299 Å². The van der Waals surface area contributed by atoms with Crippen LogP contribution in [0.2, 0.25) is 0 Å². The van der Waals surface area contributed by atoms with Crippen LogP contribution in [0.15, 0.2) is 90.2 Å². The number of nitrogens with one attached hydrogen (secondary N) is 1. The van der Waals surface area contributed by atoms with Crippen molar-refractivity contribution in [3.05, 3.63) is 118 Å². The number of benzene rings is 3. The van der Waals surface area contributed by atoms with E-state index < -0.39 is 22.8 Å². The molecule has 2 atom stereocenters. The summed E-state index contributed by atoms with van der Waals surface area (Å²) < 4.78 is 37.5. The van der Waals surface area contributed by atoms with Gasteiger partial charge in [-0.05, 0) is 48.9 Å². The van der Waals surface area contributed by atoms with Crippen molar-refractivity contribution < 1.29 is 23.4 Å². The number of carbonyl (C=O) groups is 1. The average molecular weight is 726 g/mol. The van der Waals surface area contributed by atoms with Crippen LogP contribution in [0.3, 0.4) is 0 Å². The number of hydrogen-bond acceptors (Lipinski definition) is 11. The Balaban J connectivity index is 1.03. The van der Waals surface area contributed by atoms with Gasteiger partial charge >= 0.3 is 0 Å². The fraction of sp³-hybridized carbons (Fsp3) is 0.250. The Morgan fingerprint density at radius 2 is 1.90 bits per heavy atom. The van der Waals surface area contributed by atoms with Gasteiger partial charge in [-0.1, -0.05) is 24.3 Å². The summed E-state index contributed by atoms with van der Waals surface area (Å²) in [6.07, 6.45) is 3.28. The highest BCUT2D eigenvalue weighted by Crippen LogP contribution is 2.39. The molecule has 3 aromatic carbocycles. The minimum atomic E-state index is -1.77. The van der Waals surface area contributed by atoms with E-state index in [9.17, 15) is 23.5 Å². The molecule has 0 radical (unpaired) electrons. The largest absolute Gasteiger partial charge is 0.490 e.